The maximum atomic E-state index is 12.2. The van der Waals surface area contributed by atoms with E-state index in [1.807, 2.05) is 12.1 Å². The average molecular weight is 453 g/mol. The molecule has 0 bridgehead atoms. The van der Waals surface area contributed by atoms with Gasteiger partial charge in [0.25, 0.3) is 5.78 Å². The van der Waals surface area contributed by atoms with Gasteiger partial charge in [-0.05, 0) is 36.8 Å². The van der Waals surface area contributed by atoms with Crippen molar-refractivity contribution in [1.29, 1.82) is 5.26 Å². The second kappa shape index (κ2) is 9.70. The highest BCUT2D eigenvalue weighted by Crippen LogP contribution is 2.24. The summed E-state index contributed by atoms with van der Waals surface area (Å²) in [6, 6.07) is 17.5. The first-order valence-electron chi connectivity index (χ1n) is 10.3. The van der Waals surface area contributed by atoms with Crippen LogP contribution >= 0.6 is 0 Å². The van der Waals surface area contributed by atoms with Crippen LogP contribution < -0.4 is 5.73 Å². The fourth-order valence-electron chi connectivity index (χ4n) is 3.30. The summed E-state index contributed by atoms with van der Waals surface area (Å²) < 4.78 is 6.36. The second-order valence-electron chi connectivity index (χ2n) is 7.24. The molecule has 0 aliphatic rings. The minimum atomic E-state index is -0.889. The van der Waals surface area contributed by atoms with Crippen molar-refractivity contribution in [2.24, 2.45) is 0 Å². The lowest BCUT2D eigenvalue weighted by atomic mass is 10.1. The van der Waals surface area contributed by atoms with Crippen molar-refractivity contribution in [3.8, 4) is 28.7 Å². The van der Waals surface area contributed by atoms with Crippen LogP contribution in [0.5, 0.6) is 0 Å². The molecule has 0 aliphatic carbocycles. The minimum absolute atomic E-state index is 0.0644. The van der Waals surface area contributed by atoms with E-state index in [9.17, 15) is 9.59 Å². The van der Waals surface area contributed by atoms with E-state index >= 15 is 0 Å². The number of rotatable bonds is 7. The molecule has 0 unspecified atom stereocenters. The van der Waals surface area contributed by atoms with Crippen molar-refractivity contribution in [1.82, 2.24) is 25.0 Å². The average Bonchev–Trinajstić information content (AvgIpc) is 3.32. The van der Waals surface area contributed by atoms with Crippen molar-refractivity contribution in [3.05, 3.63) is 77.5 Å². The van der Waals surface area contributed by atoms with Crippen LogP contribution in [0.15, 0.2) is 60.8 Å². The summed E-state index contributed by atoms with van der Waals surface area (Å²) in [5, 5.41) is 17.5. The summed E-state index contributed by atoms with van der Waals surface area (Å²) in [5.41, 5.74) is 9.65. The van der Waals surface area contributed by atoms with Crippen LogP contribution in [0.25, 0.3) is 22.6 Å². The lowest BCUT2D eigenvalue weighted by Gasteiger charge is -2.05. The van der Waals surface area contributed by atoms with Gasteiger partial charge in [0.15, 0.2) is 0 Å². The largest absolute Gasteiger partial charge is 0.460 e. The number of nitrogens with zero attached hydrogens (tertiary/aromatic N) is 6. The highest BCUT2D eigenvalue weighted by atomic mass is 16.5. The first-order chi connectivity index (χ1) is 16.5. The summed E-state index contributed by atoms with van der Waals surface area (Å²) in [6.45, 7) is 2.08. The Kier molecular flexibility index (Phi) is 6.36. The van der Waals surface area contributed by atoms with Gasteiger partial charge in [-0.2, -0.15) is 5.26 Å². The molecule has 0 atom stereocenters. The van der Waals surface area contributed by atoms with E-state index in [0.717, 1.165) is 11.1 Å². The molecule has 0 radical (unpaired) electrons. The fourth-order valence-corrected chi connectivity index (χ4v) is 3.30. The molecule has 168 valence electrons. The fraction of sp³-hybridized carbons (Fsp3) is 0.125. The summed E-state index contributed by atoms with van der Waals surface area (Å²) >= 11 is 0. The van der Waals surface area contributed by atoms with Crippen molar-refractivity contribution in [3.63, 3.8) is 0 Å². The smallest absolute Gasteiger partial charge is 0.379 e. The number of esters is 1. The number of nitrogen functional groups attached to an aromatic ring is 1. The van der Waals surface area contributed by atoms with Crippen molar-refractivity contribution < 1.29 is 14.3 Å². The molecule has 0 spiro atoms. The molecule has 4 aromatic rings. The van der Waals surface area contributed by atoms with Gasteiger partial charge in [-0.1, -0.05) is 35.5 Å². The number of carbonyl (C=O) groups excluding carboxylic acids is 2. The molecular weight excluding hydrogens is 434 g/mol. The number of hydrogen-bond acceptors (Lipinski definition) is 9. The van der Waals surface area contributed by atoms with Gasteiger partial charge in [-0.25, -0.2) is 19.4 Å². The van der Waals surface area contributed by atoms with Gasteiger partial charge in [0.05, 0.1) is 42.4 Å². The zero-order valence-corrected chi connectivity index (χ0v) is 18.2. The first-order valence-corrected chi connectivity index (χ1v) is 10.3. The van der Waals surface area contributed by atoms with Crippen LogP contribution in [-0.4, -0.2) is 43.3 Å². The van der Waals surface area contributed by atoms with Crippen LogP contribution in [0, 0.1) is 11.3 Å². The van der Waals surface area contributed by atoms with Crippen LogP contribution in [0.4, 0.5) is 5.95 Å². The van der Waals surface area contributed by atoms with E-state index in [1.54, 1.807) is 60.3 Å². The number of carbonyl (C=O) groups is 2. The lowest BCUT2D eigenvalue weighted by molar-refractivity contribution is -0.137. The number of benzene rings is 2. The Labute approximate surface area is 194 Å². The maximum absolute atomic E-state index is 12.2. The minimum Gasteiger partial charge on any atom is -0.460 e. The van der Waals surface area contributed by atoms with E-state index < -0.39 is 11.8 Å². The van der Waals surface area contributed by atoms with Gasteiger partial charge >= 0.3 is 5.97 Å². The monoisotopic (exact) mass is 453 g/mol. The zero-order valence-electron chi connectivity index (χ0n) is 18.2. The Morgan fingerprint density at radius 2 is 1.85 bits per heavy atom. The molecule has 34 heavy (non-hydrogen) atoms. The van der Waals surface area contributed by atoms with Crippen molar-refractivity contribution >= 4 is 17.7 Å². The molecule has 0 saturated carbocycles. The highest BCUT2D eigenvalue weighted by Gasteiger charge is 2.18. The van der Waals surface area contributed by atoms with Crippen LogP contribution in [-0.2, 0) is 16.1 Å². The number of Topliss-reactive ketones (excluding diaryl/α,β-unsaturated/α-hetero) is 1. The number of anilines is 1. The zero-order chi connectivity index (χ0) is 24.1. The van der Waals surface area contributed by atoms with Gasteiger partial charge in [0.2, 0.25) is 5.95 Å². The number of nitrogens with two attached hydrogens (primary N) is 1. The number of aromatic nitrogens is 5. The number of hydrogen-bond donors (Lipinski definition) is 1. The van der Waals surface area contributed by atoms with Gasteiger partial charge in [0, 0.05) is 11.1 Å². The van der Waals surface area contributed by atoms with Gasteiger partial charge in [0.1, 0.15) is 5.69 Å². The summed E-state index contributed by atoms with van der Waals surface area (Å²) in [5.74, 6) is -1.53. The normalized spacial score (nSPS) is 10.5. The Hall–Kier alpha value is -4.91. The summed E-state index contributed by atoms with van der Waals surface area (Å²) in [6.07, 6.45) is 1.69. The molecule has 2 heterocycles. The summed E-state index contributed by atoms with van der Waals surface area (Å²) in [7, 11) is 0. The van der Waals surface area contributed by atoms with Crippen molar-refractivity contribution in [2.75, 3.05) is 12.3 Å². The predicted molar refractivity (Wildman–Crippen MR) is 122 cm³/mol. The number of ketones is 1. The molecule has 2 aromatic carbocycles. The molecule has 10 heteroatoms. The Bertz CT molecular complexity index is 1420. The molecule has 4 rings (SSSR count). The molecular formula is C24H19N7O3. The Morgan fingerprint density at radius 3 is 2.65 bits per heavy atom. The van der Waals surface area contributed by atoms with E-state index in [0.29, 0.717) is 29.2 Å². The van der Waals surface area contributed by atoms with Crippen molar-refractivity contribution in [2.45, 2.75) is 13.5 Å². The number of ether oxygens (including phenoxy) is 1. The topological polar surface area (TPSA) is 150 Å². The molecule has 0 fully saturated rings. The third kappa shape index (κ3) is 4.94. The predicted octanol–water partition coefficient (Wildman–Crippen LogP) is 2.65. The summed E-state index contributed by atoms with van der Waals surface area (Å²) in [4.78, 5) is 32.4. The van der Waals surface area contributed by atoms with Crippen LogP contribution in [0.1, 0.15) is 28.4 Å². The van der Waals surface area contributed by atoms with Gasteiger partial charge in [-0.3, -0.25) is 4.79 Å². The molecule has 2 aromatic heterocycles. The van der Waals surface area contributed by atoms with Crippen LogP contribution in [0.3, 0.4) is 0 Å². The van der Waals surface area contributed by atoms with E-state index in [1.165, 1.54) is 0 Å². The first kappa shape index (κ1) is 22.3. The van der Waals surface area contributed by atoms with E-state index in [-0.39, 0.29) is 18.1 Å². The maximum Gasteiger partial charge on any atom is 0.379 e. The molecule has 0 aliphatic heterocycles. The van der Waals surface area contributed by atoms with E-state index in [4.69, 9.17) is 15.7 Å². The van der Waals surface area contributed by atoms with Gasteiger partial charge in [-0.15, -0.1) is 5.10 Å². The molecule has 2 N–H and O–H groups in total. The molecule has 0 amide bonds. The molecule has 10 nitrogen and oxygen atoms in total. The Morgan fingerprint density at radius 1 is 1.06 bits per heavy atom. The lowest BCUT2D eigenvalue weighted by Crippen LogP contribution is -2.17. The second-order valence-corrected chi connectivity index (χ2v) is 7.24. The standard InChI is InChI=1S/C24H19N7O3/c1-2-34-23(33)22(32)18-8-4-6-16(10-18)13-31-14-21(29-30-31)20-11-19(27-24(26)28-20)17-7-3-5-15(9-17)12-25/h3-11,14H,2,13H2,1H3,(H2,26,27,28). The van der Waals surface area contributed by atoms with Gasteiger partial charge < -0.3 is 10.5 Å². The molecule has 0 saturated heterocycles. The SMILES string of the molecule is CCOC(=O)C(=O)c1cccc(Cn2cc(-c3cc(-c4cccc(C#N)c4)nc(N)n3)nn2)c1. The highest BCUT2D eigenvalue weighted by molar-refractivity contribution is 6.40. The van der Waals surface area contributed by atoms with Crippen LogP contribution in [0.2, 0.25) is 0 Å². The van der Waals surface area contributed by atoms with E-state index in [2.05, 4.69) is 26.3 Å². The Balaban J connectivity index is 1.57. The quantitative estimate of drug-likeness (QED) is 0.253. The third-order valence-corrected chi connectivity index (χ3v) is 4.83. The third-order valence-electron chi connectivity index (χ3n) is 4.83. The number of nitriles is 1.